The fourth-order valence-electron chi connectivity index (χ4n) is 12.7. The molecule has 84 heavy (non-hydrogen) atoms. The van der Waals surface area contributed by atoms with Crippen LogP contribution >= 0.6 is 0 Å². The molecule has 0 aromatic heterocycles. The zero-order valence-corrected chi connectivity index (χ0v) is 53.8. The van der Waals surface area contributed by atoms with E-state index in [0.29, 0.717) is 25.7 Å². The van der Waals surface area contributed by atoms with E-state index in [-0.39, 0.29) is 87.7 Å². The molecule has 3 unspecified atom stereocenters. The number of amides is 10. The fraction of sp³-hybridized carbons (Fsp3) is 0.820. The predicted octanol–water partition coefficient (Wildman–Crippen LogP) is 2.79. The Kier molecular flexibility index (Phi) is 26.0. The minimum Gasteiger partial charge on any atom is -0.459 e. The van der Waals surface area contributed by atoms with Gasteiger partial charge in [-0.1, -0.05) is 96.4 Å². The summed E-state index contributed by atoms with van der Waals surface area (Å²) in [6, 6.07) is -10.5. The third-order valence-corrected chi connectivity index (χ3v) is 17.4. The molecule has 4 heterocycles. The van der Waals surface area contributed by atoms with Crippen molar-refractivity contribution in [3.8, 4) is 0 Å². The maximum absolute atomic E-state index is 15.3. The van der Waals surface area contributed by atoms with E-state index < -0.39 is 150 Å². The molecular weight excluding hydrogens is 1080 g/mol. The number of carbonyl (C=O) groups excluding carboxylic acids is 11. The first kappa shape index (κ1) is 70.6. The first-order chi connectivity index (χ1) is 39.2. The maximum atomic E-state index is 15.3. The molecule has 0 aromatic rings. The maximum Gasteiger partial charge on any atom is 0.325 e. The lowest BCUT2D eigenvalue weighted by Crippen LogP contribution is -2.62. The Labute approximate surface area is 499 Å². The lowest BCUT2D eigenvalue weighted by Gasteiger charge is -2.38. The number of cyclic esters (lactones) is 1. The van der Waals surface area contributed by atoms with Gasteiger partial charge in [0, 0.05) is 47.8 Å². The van der Waals surface area contributed by atoms with E-state index in [9.17, 15) is 43.5 Å². The Morgan fingerprint density at radius 2 is 1.33 bits per heavy atom. The molecule has 0 saturated carbocycles. The normalized spacial score (nSPS) is 28.5. The second kappa shape index (κ2) is 31.0. The molecule has 0 aromatic carbocycles. The molecule has 4 rings (SSSR count). The summed E-state index contributed by atoms with van der Waals surface area (Å²) in [6.07, 6.45) is 0.0268. The van der Waals surface area contributed by atoms with Crippen LogP contribution in [0.15, 0.2) is 0 Å². The molecule has 4 aliphatic rings. The van der Waals surface area contributed by atoms with Gasteiger partial charge in [0.15, 0.2) is 0 Å². The first-order valence-electron chi connectivity index (χ1n) is 30.9. The highest BCUT2D eigenvalue weighted by Gasteiger charge is 2.50. The summed E-state index contributed by atoms with van der Waals surface area (Å²) in [5.41, 5.74) is 0. The standard InChI is InChI=1S/C61H104N10O13/c1-19-40-29-46(71(32-40)61(83)50(37(11)12)67(17)59(81)47(72)20-2)58(80)68(18)51-39(14)84-48(73)30-62-52(74)44(27-35(7)8)65(15)57(79)43-22-21-25-69(43)60(82)49(36(9)10)66(16)55(77)41(24-23-33(3)4)63-53(75)45-28-38(13)31-70(45)56(78)42(26-34(5)6)64-54(51)76/h33-47,49-51,72H,19-32H2,1-18H3,(H,62,74)(H,63,75)(H,64,76)/t38?,39-,40?,41-,42+,43-,44+,45-,46-,47?,49+,50-,51+/m0/s1. The number of aliphatic hydroxyl groups excluding tert-OH is 1. The van der Waals surface area contributed by atoms with Crippen LogP contribution in [-0.4, -0.2) is 225 Å². The molecule has 4 fully saturated rings. The van der Waals surface area contributed by atoms with Gasteiger partial charge in [0.05, 0.1) is 0 Å². The summed E-state index contributed by atoms with van der Waals surface area (Å²) < 4.78 is 5.95. The second-order valence-corrected chi connectivity index (χ2v) is 26.4. The summed E-state index contributed by atoms with van der Waals surface area (Å²) in [7, 11) is 5.77. The third kappa shape index (κ3) is 17.2. The number of likely N-dealkylation sites (N-methyl/N-ethyl adjacent to an activating group) is 4. The Balaban J connectivity index is 1.89. The minimum absolute atomic E-state index is 0.0737. The molecule has 0 bridgehead atoms. The molecule has 23 nitrogen and oxygen atoms in total. The van der Waals surface area contributed by atoms with Crippen LogP contribution in [0.1, 0.15) is 161 Å². The number of carbonyl (C=O) groups is 11. The largest absolute Gasteiger partial charge is 0.459 e. The molecule has 10 amide bonds. The average molecular weight is 1190 g/mol. The van der Waals surface area contributed by atoms with Crippen LogP contribution < -0.4 is 16.0 Å². The molecule has 476 valence electrons. The van der Waals surface area contributed by atoms with Crippen molar-refractivity contribution >= 4 is 65.0 Å². The summed E-state index contributed by atoms with van der Waals surface area (Å²) in [5, 5.41) is 19.0. The van der Waals surface area contributed by atoms with E-state index in [0.717, 1.165) is 4.90 Å². The summed E-state index contributed by atoms with van der Waals surface area (Å²) in [5.74, 6) is -8.61. The molecule has 4 aliphatic heterocycles. The molecule has 23 heteroatoms. The fourth-order valence-corrected chi connectivity index (χ4v) is 12.7. The van der Waals surface area contributed by atoms with Crippen LogP contribution in [0.4, 0.5) is 0 Å². The van der Waals surface area contributed by atoms with Crippen molar-refractivity contribution in [2.75, 3.05) is 54.4 Å². The van der Waals surface area contributed by atoms with E-state index >= 15 is 14.4 Å². The highest BCUT2D eigenvalue weighted by Crippen LogP contribution is 2.32. The number of aliphatic hydroxyl groups is 1. The van der Waals surface area contributed by atoms with Crippen molar-refractivity contribution in [1.29, 1.82) is 0 Å². The van der Waals surface area contributed by atoms with E-state index in [1.165, 1.54) is 64.5 Å². The van der Waals surface area contributed by atoms with Gasteiger partial charge in [-0.2, -0.15) is 0 Å². The quantitative estimate of drug-likeness (QED) is 0.162. The van der Waals surface area contributed by atoms with Gasteiger partial charge in [0.1, 0.15) is 73.1 Å². The molecule has 4 saturated heterocycles. The summed E-state index contributed by atoms with van der Waals surface area (Å²) >= 11 is 0. The van der Waals surface area contributed by atoms with Gasteiger partial charge in [0.25, 0.3) is 5.91 Å². The number of fused-ring (bicyclic) bond motifs is 2. The monoisotopic (exact) mass is 1180 g/mol. The Morgan fingerprint density at radius 3 is 1.89 bits per heavy atom. The zero-order chi connectivity index (χ0) is 63.5. The number of esters is 1. The van der Waals surface area contributed by atoms with Crippen molar-refractivity contribution in [3.05, 3.63) is 0 Å². The van der Waals surface area contributed by atoms with Crippen molar-refractivity contribution < 1.29 is 62.6 Å². The van der Waals surface area contributed by atoms with E-state index in [2.05, 4.69) is 16.0 Å². The first-order valence-corrected chi connectivity index (χ1v) is 30.9. The highest BCUT2D eigenvalue weighted by molar-refractivity contribution is 5.99. The number of hydrogen-bond donors (Lipinski definition) is 4. The van der Waals surface area contributed by atoms with Gasteiger partial charge in [-0.15, -0.1) is 0 Å². The van der Waals surface area contributed by atoms with Crippen LogP contribution in [0.2, 0.25) is 0 Å². The van der Waals surface area contributed by atoms with Crippen molar-refractivity contribution in [2.45, 2.75) is 228 Å². The molecule has 13 atom stereocenters. The van der Waals surface area contributed by atoms with Gasteiger partial charge in [-0.25, -0.2) is 0 Å². The molecule has 0 spiro atoms. The summed E-state index contributed by atoms with van der Waals surface area (Å²) in [4.78, 5) is 171. The van der Waals surface area contributed by atoms with Crippen molar-refractivity contribution in [2.24, 2.45) is 41.4 Å². The third-order valence-electron chi connectivity index (χ3n) is 17.4. The van der Waals surface area contributed by atoms with Crippen LogP contribution in [-0.2, 0) is 57.5 Å². The van der Waals surface area contributed by atoms with Crippen LogP contribution in [0, 0.1) is 41.4 Å². The molecule has 0 radical (unpaired) electrons. The van der Waals surface area contributed by atoms with Gasteiger partial charge >= 0.3 is 5.97 Å². The highest BCUT2D eigenvalue weighted by atomic mass is 16.5. The second-order valence-electron chi connectivity index (χ2n) is 26.4. The van der Waals surface area contributed by atoms with Crippen molar-refractivity contribution in [1.82, 2.24) is 50.2 Å². The number of ether oxygens (including phenoxy) is 1. The smallest absolute Gasteiger partial charge is 0.325 e. The van der Waals surface area contributed by atoms with Gasteiger partial charge < -0.3 is 60.1 Å². The Hall–Kier alpha value is -5.87. The number of nitrogens with one attached hydrogen (secondary N) is 3. The van der Waals surface area contributed by atoms with E-state index in [4.69, 9.17) is 4.74 Å². The lowest BCUT2D eigenvalue weighted by molar-refractivity contribution is -0.161. The van der Waals surface area contributed by atoms with Crippen LogP contribution in [0.25, 0.3) is 0 Å². The number of rotatable bonds is 16. The average Bonchev–Trinajstić information content (AvgIpc) is 4.39. The van der Waals surface area contributed by atoms with Gasteiger partial charge in [0.2, 0.25) is 53.2 Å². The predicted molar refractivity (Wildman–Crippen MR) is 316 cm³/mol. The SMILES string of the molecule is CCC1C[C@@H](C(=O)N(C)[C@H]2C(=O)N[C@H](CC(C)C)C(=O)N3CC(C)C[C@H]3C(=O)N[C@@H](CCC(C)C)C(=O)N(C)[C@H](C(C)C)C(=O)N3CCC[C@H]3C(=O)N(C)[C@H](CC(C)C)C(=O)NCC(=O)O[C@H]2C)N(C(=O)[C@H](C(C)C)N(C)C(=O)C(O)CC)C1. The number of nitrogens with zero attached hydrogens (tertiary/aromatic N) is 7. The van der Waals surface area contributed by atoms with E-state index in [1.807, 2.05) is 55.4 Å². The lowest BCUT2D eigenvalue weighted by atomic mass is 9.97. The number of hydrogen-bond acceptors (Lipinski definition) is 13. The molecular formula is C61H104N10O13. The Morgan fingerprint density at radius 1 is 0.714 bits per heavy atom. The molecule has 0 aliphatic carbocycles. The van der Waals surface area contributed by atoms with Gasteiger partial charge in [-0.05, 0) is 106 Å². The van der Waals surface area contributed by atoms with Gasteiger partial charge in [-0.3, -0.25) is 52.7 Å². The van der Waals surface area contributed by atoms with Crippen LogP contribution in [0.3, 0.4) is 0 Å². The van der Waals surface area contributed by atoms with E-state index in [1.54, 1.807) is 34.6 Å². The number of likely N-dealkylation sites (tertiary alicyclic amines) is 1. The summed E-state index contributed by atoms with van der Waals surface area (Å²) in [6.45, 7) is 25.1. The Bertz CT molecular complexity index is 2370. The van der Waals surface area contributed by atoms with Crippen molar-refractivity contribution in [3.63, 3.8) is 0 Å². The topological polar surface area (TPSA) is 276 Å². The molecule has 4 N–H and O–H groups in total. The van der Waals surface area contributed by atoms with Crippen LogP contribution in [0.5, 0.6) is 0 Å². The minimum atomic E-state index is -1.66. The zero-order valence-electron chi connectivity index (χ0n) is 53.8.